The summed E-state index contributed by atoms with van der Waals surface area (Å²) < 4.78 is 4.52. The van der Waals surface area contributed by atoms with Crippen molar-refractivity contribution in [2.24, 2.45) is 0 Å². The molecule has 1 aromatic carbocycles. The zero-order valence-electron chi connectivity index (χ0n) is 16.1. The topological polar surface area (TPSA) is 87.7 Å². The summed E-state index contributed by atoms with van der Waals surface area (Å²) >= 11 is 1.40. The Hall–Kier alpha value is -2.87. The van der Waals surface area contributed by atoms with Gasteiger partial charge in [0.1, 0.15) is 5.00 Å². The number of methoxy groups -OCH3 is 1. The van der Waals surface area contributed by atoms with Crippen molar-refractivity contribution in [1.82, 2.24) is 5.32 Å². The third kappa shape index (κ3) is 4.17. The van der Waals surface area contributed by atoms with E-state index >= 15 is 0 Å². The second kappa shape index (κ2) is 8.43. The molecular formula is C20H23N3O4S. The Bertz CT molecular complexity index is 903. The molecule has 3 rings (SSSR count). The Morgan fingerprint density at radius 1 is 1.04 bits per heavy atom. The van der Waals surface area contributed by atoms with Crippen molar-refractivity contribution in [2.45, 2.75) is 25.7 Å². The molecule has 1 aliphatic rings. The third-order valence-electron chi connectivity index (χ3n) is 4.67. The average Bonchev–Trinajstić information content (AvgIpc) is 3.05. The van der Waals surface area contributed by atoms with Gasteiger partial charge in [-0.25, -0.2) is 4.79 Å². The summed E-state index contributed by atoms with van der Waals surface area (Å²) in [6, 6.07) is 7.21. The molecule has 0 bridgehead atoms. The van der Waals surface area contributed by atoms with E-state index in [9.17, 15) is 14.4 Å². The van der Waals surface area contributed by atoms with Crippen molar-refractivity contribution >= 4 is 39.9 Å². The van der Waals surface area contributed by atoms with Crippen LogP contribution >= 0.6 is 11.3 Å². The Balaban J connectivity index is 1.88. The number of aryl methyl sites for hydroxylation is 1. The molecule has 7 nitrogen and oxygen atoms in total. The van der Waals surface area contributed by atoms with Crippen molar-refractivity contribution in [1.29, 1.82) is 0 Å². The maximum Gasteiger partial charge on any atom is 0.413 e. The van der Waals surface area contributed by atoms with Crippen LogP contribution in [0.25, 0.3) is 0 Å². The van der Waals surface area contributed by atoms with E-state index < -0.39 is 12.0 Å². The van der Waals surface area contributed by atoms with Crippen LogP contribution in [0.3, 0.4) is 0 Å². The number of fused-ring (bicyclic) bond motifs is 1. The van der Waals surface area contributed by atoms with Crippen LogP contribution in [-0.4, -0.2) is 39.1 Å². The first kappa shape index (κ1) is 19.9. The maximum absolute atomic E-state index is 12.7. The SMILES string of the molecule is COC(=O)NC(=O)c1c(NC(=O)c2ccc(N(C)C)cc2)sc2c1CCCC2. The Kier molecular flexibility index (Phi) is 5.99. The number of carbonyl (C=O) groups excluding carboxylic acids is 3. The Morgan fingerprint density at radius 2 is 1.71 bits per heavy atom. The first-order valence-electron chi connectivity index (χ1n) is 9.03. The number of imide groups is 1. The van der Waals surface area contributed by atoms with E-state index in [2.05, 4.69) is 15.4 Å². The Labute approximate surface area is 167 Å². The number of alkyl carbamates (subject to hydrolysis) is 1. The fourth-order valence-corrected chi connectivity index (χ4v) is 4.47. The number of benzene rings is 1. The second-order valence-electron chi connectivity index (χ2n) is 6.76. The highest BCUT2D eigenvalue weighted by molar-refractivity contribution is 7.17. The lowest BCUT2D eigenvalue weighted by atomic mass is 9.95. The van der Waals surface area contributed by atoms with Gasteiger partial charge in [0.25, 0.3) is 11.8 Å². The smallest absolute Gasteiger partial charge is 0.413 e. The lowest BCUT2D eigenvalue weighted by Crippen LogP contribution is -2.31. The molecule has 0 radical (unpaired) electrons. The molecule has 1 aliphatic carbocycles. The highest BCUT2D eigenvalue weighted by Gasteiger charge is 2.27. The standard InChI is InChI=1S/C20H23N3O4S/c1-23(2)13-10-8-12(9-11-13)17(24)21-19-16(18(25)22-20(26)27-3)14-6-4-5-7-15(14)28-19/h8-11H,4-7H2,1-3H3,(H,21,24)(H,22,25,26). The van der Waals surface area contributed by atoms with E-state index in [4.69, 9.17) is 0 Å². The summed E-state index contributed by atoms with van der Waals surface area (Å²) in [5.41, 5.74) is 2.76. The summed E-state index contributed by atoms with van der Waals surface area (Å²) in [5.74, 6) is -0.847. The van der Waals surface area contributed by atoms with Gasteiger partial charge < -0.3 is 15.0 Å². The molecule has 2 aromatic rings. The van der Waals surface area contributed by atoms with Gasteiger partial charge >= 0.3 is 6.09 Å². The summed E-state index contributed by atoms with van der Waals surface area (Å²) in [6.07, 6.45) is 2.82. The van der Waals surface area contributed by atoms with E-state index in [1.165, 1.54) is 18.4 Å². The lowest BCUT2D eigenvalue weighted by molar-refractivity contribution is 0.0937. The summed E-state index contributed by atoms with van der Waals surface area (Å²) in [7, 11) is 5.06. The van der Waals surface area contributed by atoms with Gasteiger partial charge in [0.15, 0.2) is 0 Å². The quantitative estimate of drug-likeness (QED) is 0.819. The molecule has 1 aromatic heterocycles. The van der Waals surface area contributed by atoms with Crippen LogP contribution in [0.15, 0.2) is 24.3 Å². The van der Waals surface area contributed by atoms with Crippen molar-refractivity contribution in [3.05, 3.63) is 45.8 Å². The number of anilines is 2. The zero-order chi connectivity index (χ0) is 20.3. The number of carbonyl (C=O) groups is 3. The fraction of sp³-hybridized carbons (Fsp3) is 0.350. The van der Waals surface area contributed by atoms with Gasteiger partial charge in [-0.2, -0.15) is 0 Å². The molecule has 0 aliphatic heterocycles. The van der Waals surface area contributed by atoms with Gasteiger partial charge in [0.2, 0.25) is 0 Å². The van der Waals surface area contributed by atoms with Crippen molar-refractivity contribution in [2.75, 3.05) is 31.4 Å². The number of rotatable bonds is 4. The van der Waals surface area contributed by atoms with Crippen LogP contribution in [-0.2, 0) is 17.6 Å². The van der Waals surface area contributed by atoms with Gasteiger partial charge in [0, 0.05) is 30.2 Å². The number of amides is 3. The van der Waals surface area contributed by atoms with Gasteiger partial charge in [-0.15, -0.1) is 11.3 Å². The second-order valence-corrected chi connectivity index (χ2v) is 7.86. The summed E-state index contributed by atoms with van der Waals surface area (Å²) in [6.45, 7) is 0. The highest BCUT2D eigenvalue weighted by Crippen LogP contribution is 2.38. The van der Waals surface area contributed by atoms with E-state index in [-0.39, 0.29) is 5.91 Å². The van der Waals surface area contributed by atoms with Gasteiger partial charge in [0.05, 0.1) is 12.7 Å². The predicted molar refractivity (Wildman–Crippen MR) is 110 cm³/mol. The molecule has 8 heteroatoms. The summed E-state index contributed by atoms with van der Waals surface area (Å²) in [4.78, 5) is 39.9. The maximum atomic E-state index is 12.7. The van der Waals surface area contributed by atoms with E-state index in [0.29, 0.717) is 16.1 Å². The van der Waals surface area contributed by atoms with E-state index in [1.807, 2.05) is 31.1 Å². The Morgan fingerprint density at radius 3 is 2.36 bits per heavy atom. The molecule has 0 saturated heterocycles. The van der Waals surface area contributed by atoms with Gasteiger partial charge in [-0.3, -0.25) is 14.9 Å². The summed E-state index contributed by atoms with van der Waals surface area (Å²) in [5, 5.41) is 5.53. The molecule has 3 amide bonds. The van der Waals surface area contributed by atoms with Crippen molar-refractivity contribution in [3.8, 4) is 0 Å². The first-order chi connectivity index (χ1) is 13.4. The van der Waals surface area contributed by atoms with Crippen molar-refractivity contribution < 1.29 is 19.1 Å². The molecule has 28 heavy (non-hydrogen) atoms. The molecule has 0 fully saturated rings. The minimum absolute atomic E-state index is 0.295. The van der Waals surface area contributed by atoms with E-state index in [1.54, 1.807) is 12.1 Å². The van der Waals surface area contributed by atoms with Gasteiger partial charge in [-0.05, 0) is 55.5 Å². The number of ether oxygens (including phenoxy) is 1. The molecule has 0 saturated carbocycles. The van der Waals surface area contributed by atoms with Crippen LogP contribution in [0.4, 0.5) is 15.5 Å². The van der Waals surface area contributed by atoms with Crippen molar-refractivity contribution in [3.63, 3.8) is 0 Å². The minimum Gasteiger partial charge on any atom is -0.453 e. The molecule has 0 unspecified atom stereocenters. The van der Waals surface area contributed by atoms with Crippen LogP contribution < -0.4 is 15.5 Å². The lowest BCUT2D eigenvalue weighted by Gasteiger charge is -2.13. The third-order valence-corrected chi connectivity index (χ3v) is 5.88. The monoisotopic (exact) mass is 401 g/mol. The molecule has 148 valence electrons. The molecular weight excluding hydrogens is 378 g/mol. The van der Waals surface area contributed by atoms with Crippen LogP contribution in [0.1, 0.15) is 44.0 Å². The number of nitrogens with zero attached hydrogens (tertiary/aromatic N) is 1. The van der Waals surface area contributed by atoms with Gasteiger partial charge in [-0.1, -0.05) is 0 Å². The molecule has 2 N–H and O–H groups in total. The number of hydrogen-bond donors (Lipinski definition) is 2. The fourth-order valence-electron chi connectivity index (χ4n) is 3.19. The molecule has 0 atom stereocenters. The minimum atomic E-state index is -0.822. The highest BCUT2D eigenvalue weighted by atomic mass is 32.1. The molecule has 1 heterocycles. The normalized spacial score (nSPS) is 12.7. The van der Waals surface area contributed by atoms with E-state index in [0.717, 1.165) is 41.8 Å². The number of thiophene rings is 1. The first-order valence-corrected chi connectivity index (χ1v) is 9.85. The number of hydrogen-bond acceptors (Lipinski definition) is 6. The van der Waals surface area contributed by atoms with Crippen LogP contribution in [0, 0.1) is 0 Å². The largest absolute Gasteiger partial charge is 0.453 e. The average molecular weight is 401 g/mol. The number of nitrogens with one attached hydrogen (secondary N) is 2. The predicted octanol–water partition coefficient (Wildman–Crippen LogP) is 3.44. The molecule has 0 spiro atoms. The van der Waals surface area contributed by atoms with Crippen LogP contribution in [0.2, 0.25) is 0 Å². The van der Waals surface area contributed by atoms with Crippen LogP contribution in [0.5, 0.6) is 0 Å². The zero-order valence-corrected chi connectivity index (χ0v) is 16.9.